The van der Waals surface area contributed by atoms with Crippen LogP contribution in [-0.2, 0) is 0 Å². The molecule has 126 valence electrons. The normalized spacial score (nSPS) is 11.0. The van der Waals surface area contributed by atoms with E-state index in [1.807, 2.05) is 19.1 Å². The molecule has 0 aliphatic carbocycles. The van der Waals surface area contributed by atoms with Gasteiger partial charge in [0, 0.05) is 10.9 Å². The number of hydrogen-bond acceptors (Lipinski definition) is 4. The molecular weight excluding hydrogens is 292 g/mol. The summed E-state index contributed by atoms with van der Waals surface area (Å²) in [6.45, 7) is 9.15. The molecule has 0 unspecified atom stereocenters. The highest BCUT2D eigenvalue weighted by molar-refractivity contribution is 5.88. The van der Waals surface area contributed by atoms with Crippen molar-refractivity contribution < 1.29 is 13.9 Å². The molecule has 0 fully saturated rings. The quantitative estimate of drug-likeness (QED) is 0.520. The Kier molecular flexibility index (Phi) is 6.08. The molecular formula is C19H26O4. The highest BCUT2D eigenvalue weighted by atomic mass is 16.5. The molecule has 0 saturated carbocycles. The van der Waals surface area contributed by atoms with Crippen molar-refractivity contribution in [1.29, 1.82) is 0 Å². The molecule has 0 spiro atoms. The van der Waals surface area contributed by atoms with Crippen LogP contribution in [-0.4, -0.2) is 13.2 Å². The van der Waals surface area contributed by atoms with Crippen LogP contribution < -0.4 is 15.1 Å². The van der Waals surface area contributed by atoms with Crippen LogP contribution in [0.5, 0.6) is 11.5 Å². The molecule has 0 amide bonds. The lowest BCUT2D eigenvalue weighted by molar-refractivity contribution is 0.261. The van der Waals surface area contributed by atoms with Gasteiger partial charge in [0.1, 0.15) is 0 Å². The summed E-state index contributed by atoms with van der Waals surface area (Å²) in [5, 5.41) is 0.899. The van der Waals surface area contributed by atoms with Gasteiger partial charge in [0.05, 0.1) is 13.2 Å². The van der Waals surface area contributed by atoms with E-state index in [-0.39, 0.29) is 5.63 Å². The Morgan fingerprint density at radius 2 is 1.61 bits per heavy atom. The molecule has 2 aromatic rings. The number of rotatable bonds is 8. The van der Waals surface area contributed by atoms with E-state index in [4.69, 9.17) is 13.9 Å². The zero-order valence-corrected chi connectivity index (χ0v) is 14.5. The van der Waals surface area contributed by atoms with Gasteiger partial charge in [-0.15, -0.1) is 0 Å². The first kappa shape index (κ1) is 17.4. The third-order valence-electron chi connectivity index (χ3n) is 4.04. The summed E-state index contributed by atoms with van der Waals surface area (Å²) in [4.78, 5) is 12.0. The molecule has 0 radical (unpaired) electrons. The van der Waals surface area contributed by atoms with Crippen LogP contribution in [0.25, 0.3) is 11.0 Å². The monoisotopic (exact) mass is 318 g/mol. The smallest absolute Gasteiger partial charge is 0.339 e. The predicted octanol–water partition coefficient (Wildman–Crippen LogP) is 4.77. The molecule has 0 bridgehead atoms. The average molecular weight is 318 g/mol. The molecule has 1 heterocycles. The van der Waals surface area contributed by atoms with Crippen LogP contribution >= 0.6 is 0 Å². The highest BCUT2D eigenvalue weighted by Crippen LogP contribution is 2.37. The molecule has 0 atom stereocenters. The molecule has 23 heavy (non-hydrogen) atoms. The lowest BCUT2D eigenvalue weighted by atomic mass is 10.1. The molecule has 0 aliphatic heterocycles. The molecule has 4 nitrogen and oxygen atoms in total. The van der Waals surface area contributed by atoms with E-state index >= 15 is 0 Å². The number of ether oxygens (including phenoxy) is 2. The minimum Gasteiger partial charge on any atom is -0.490 e. The first-order valence-corrected chi connectivity index (χ1v) is 8.42. The van der Waals surface area contributed by atoms with Crippen molar-refractivity contribution in [3.05, 3.63) is 33.7 Å². The van der Waals surface area contributed by atoms with Gasteiger partial charge >= 0.3 is 5.63 Å². The first-order chi connectivity index (χ1) is 11.1. The number of fused-ring (bicyclic) bond motifs is 1. The topological polar surface area (TPSA) is 48.7 Å². The Balaban J connectivity index is 2.50. The van der Waals surface area contributed by atoms with Crippen molar-refractivity contribution in [3.8, 4) is 11.5 Å². The fourth-order valence-corrected chi connectivity index (χ4v) is 2.36. The minimum absolute atomic E-state index is 0.318. The predicted molar refractivity (Wildman–Crippen MR) is 92.8 cm³/mol. The van der Waals surface area contributed by atoms with E-state index in [0.717, 1.165) is 36.6 Å². The van der Waals surface area contributed by atoms with Gasteiger partial charge in [0.2, 0.25) is 5.75 Å². The molecule has 1 aromatic heterocycles. The summed E-state index contributed by atoms with van der Waals surface area (Å²) in [7, 11) is 0. The molecule has 4 heteroatoms. The van der Waals surface area contributed by atoms with Gasteiger partial charge in [-0.3, -0.25) is 0 Å². The Morgan fingerprint density at radius 3 is 2.26 bits per heavy atom. The average Bonchev–Trinajstić information content (AvgIpc) is 2.54. The Morgan fingerprint density at radius 1 is 0.957 bits per heavy atom. The van der Waals surface area contributed by atoms with E-state index in [1.54, 1.807) is 6.92 Å². The molecule has 0 N–H and O–H groups in total. The van der Waals surface area contributed by atoms with E-state index in [1.165, 1.54) is 0 Å². The number of hydrogen-bond donors (Lipinski definition) is 0. The van der Waals surface area contributed by atoms with Gasteiger partial charge in [-0.05, 0) is 44.4 Å². The second-order valence-corrected chi connectivity index (χ2v) is 5.81. The zero-order valence-electron chi connectivity index (χ0n) is 14.5. The molecule has 2 rings (SSSR count). The van der Waals surface area contributed by atoms with E-state index in [9.17, 15) is 4.79 Å². The zero-order chi connectivity index (χ0) is 16.8. The summed E-state index contributed by atoms with van der Waals surface area (Å²) in [5.41, 5.74) is 1.73. The summed E-state index contributed by atoms with van der Waals surface area (Å²) in [5.74, 6) is 1.20. The van der Waals surface area contributed by atoms with Crippen LogP contribution in [0.15, 0.2) is 21.3 Å². The van der Waals surface area contributed by atoms with Crippen molar-refractivity contribution in [2.75, 3.05) is 13.2 Å². The largest absolute Gasteiger partial charge is 0.490 e. The van der Waals surface area contributed by atoms with Crippen LogP contribution in [0, 0.1) is 13.8 Å². The van der Waals surface area contributed by atoms with Gasteiger partial charge in [-0.25, -0.2) is 4.79 Å². The summed E-state index contributed by atoms with van der Waals surface area (Å²) < 4.78 is 17.3. The second-order valence-electron chi connectivity index (χ2n) is 5.81. The van der Waals surface area contributed by atoms with Gasteiger partial charge in [0.25, 0.3) is 0 Å². The van der Waals surface area contributed by atoms with Crippen LogP contribution in [0.3, 0.4) is 0 Å². The Labute approximate surface area is 137 Å². The third kappa shape index (κ3) is 3.87. The summed E-state index contributed by atoms with van der Waals surface area (Å²) >= 11 is 0. The van der Waals surface area contributed by atoms with E-state index < -0.39 is 0 Å². The lowest BCUT2D eigenvalue weighted by Gasteiger charge is -2.15. The van der Waals surface area contributed by atoms with Gasteiger partial charge in [0.15, 0.2) is 11.3 Å². The third-order valence-corrected chi connectivity index (χ3v) is 4.04. The van der Waals surface area contributed by atoms with Crippen LogP contribution in [0.4, 0.5) is 0 Å². The fourth-order valence-electron chi connectivity index (χ4n) is 2.36. The Bertz CT molecular complexity index is 715. The van der Waals surface area contributed by atoms with Crippen molar-refractivity contribution >= 4 is 11.0 Å². The summed E-state index contributed by atoms with van der Waals surface area (Å²) in [6, 6.07) is 3.85. The SMILES string of the molecule is CCCCOc1ccc2c(C)c(C)c(=O)oc2c1OCCCC. The highest BCUT2D eigenvalue weighted by Gasteiger charge is 2.17. The molecule has 1 aromatic carbocycles. The van der Waals surface area contributed by atoms with Crippen molar-refractivity contribution in [2.24, 2.45) is 0 Å². The number of benzene rings is 1. The fraction of sp³-hybridized carbons (Fsp3) is 0.526. The second kappa shape index (κ2) is 8.04. The summed E-state index contributed by atoms with van der Waals surface area (Å²) in [6.07, 6.45) is 4.02. The maximum absolute atomic E-state index is 12.0. The van der Waals surface area contributed by atoms with Gasteiger partial charge in [-0.1, -0.05) is 26.7 Å². The number of unbranched alkanes of at least 4 members (excludes halogenated alkanes) is 2. The standard InChI is InChI=1S/C19H26O4/c1-5-7-11-21-16-10-9-15-13(3)14(4)19(20)23-17(15)18(16)22-12-8-6-2/h9-10H,5-8,11-12H2,1-4H3. The first-order valence-electron chi connectivity index (χ1n) is 8.42. The maximum Gasteiger partial charge on any atom is 0.339 e. The van der Waals surface area contributed by atoms with Crippen LogP contribution in [0.1, 0.15) is 50.7 Å². The molecule has 0 saturated heterocycles. The van der Waals surface area contributed by atoms with E-state index in [0.29, 0.717) is 35.9 Å². The van der Waals surface area contributed by atoms with Crippen molar-refractivity contribution in [2.45, 2.75) is 53.4 Å². The molecule has 0 aliphatic rings. The minimum atomic E-state index is -0.318. The van der Waals surface area contributed by atoms with Crippen LogP contribution in [0.2, 0.25) is 0 Å². The van der Waals surface area contributed by atoms with E-state index in [2.05, 4.69) is 13.8 Å². The Hall–Kier alpha value is -1.97. The lowest BCUT2D eigenvalue weighted by Crippen LogP contribution is -2.08. The van der Waals surface area contributed by atoms with Gasteiger partial charge in [-0.2, -0.15) is 0 Å². The maximum atomic E-state index is 12.0. The van der Waals surface area contributed by atoms with Crippen molar-refractivity contribution in [3.63, 3.8) is 0 Å². The van der Waals surface area contributed by atoms with Crippen molar-refractivity contribution in [1.82, 2.24) is 0 Å². The van der Waals surface area contributed by atoms with Gasteiger partial charge < -0.3 is 13.9 Å². The number of aryl methyl sites for hydroxylation is 1.